The third-order valence-corrected chi connectivity index (χ3v) is 8.04. The second-order valence-electron chi connectivity index (χ2n) is 10.9. The molecule has 0 aromatic carbocycles. The fraction of sp³-hybridized carbons (Fsp3) is 1.00. The summed E-state index contributed by atoms with van der Waals surface area (Å²) in [6.45, 7) is 2.37. The van der Waals surface area contributed by atoms with Crippen molar-refractivity contribution in [1.82, 2.24) is 5.32 Å². The van der Waals surface area contributed by atoms with Gasteiger partial charge in [-0.25, -0.2) is 0 Å². The summed E-state index contributed by atoms with van der Waals surface area (Å²) in [6.07, 6.45) is 27.8. The Morgan fingerprint density at radius 3 is 0.744 bits per heavy atom. The summed E-state index contributed by atoms with van der Waals surface area (Å²) >= 11 is 0. The van der Waals surface area contributed by atoms with Crippen molar-refractivity contribution in [3.05, 3.63) is 0 Å². The summed E-state index contributed by atoms with van der Waals surface area (Å²) in [6, 6.07) is 0. The first kappa shape index (κ1) is 38.7. The molecule has 0 aromatic rings. The van der Waals surface area contributed by atoms with Gasteiger partial charge in [0.1, 0.15) is 0 Å². The molecule has 0 unspecified atom stereocenters. The molecule has 0 saturated carbocycles. The smallest absolute Gasteiger partial charge is 0.282 e. The van der Waals surface area contributed by atoms with Gasteiger partial charge in [-0.2, -0.15) is 0 Å². The number of hydrogen-bond donors (Lipinski definition) is 1. The molecule has 236 valence electrons. The van der Waals surface area contributed by atoms with Gasteiger partial charge >= 0.3 is 0 Å². The van der Waals surface area contributed by atoms with E-state index in [4.69, 9.17) is 28.4 Å². The quantitative estimate of drug-likeness (QED) is 0.0654. The first-order chi connectivity index (χ1) is 19.1. The van der Waals surface area contributed by atoms with Crippen LogP contribution < -0.4 is 5.32 Å². The highest BCUT2D eigenvalue weighted by Gasteiger charge is 2.29. The monoisotopic (exact) mass is 561 g/mol. The Kier molecular flexibility index (Phi) is 27.7. The van der Waals surface area contributed by atoms with Crippen molar-refractivity contribution in [2.45, 2.75) is 153 Å². The van der Waals surface area contributed by atoms with Crippen LogP contribution in [0.25, 0.3) is 0 Å². The molecule has 0 aliphatic rings. The average Bonchev–Trinajstić information content (AvgIpc) is 2.97. The van der Waals surface area contributed by atoms with Crippen LogP contribution in [-0.4, -0.2) is 67.7 Å². The Balaban J connectivity index is 3.24. The third-order valence-electron chi connectivity index (χ3n) is 8.04. The van der Waals surface area contributed by atoms with Crippen LogP contribution in [0.3, 0.4) is 0 Å². The second-order valence-corrected chi connectivity index (χ2v) is 10.9. The molecule has 0 spiro atoms. The number of rotatable bonds is 32. The van der Waals surface area contributed by atoms with E-state index in [0.717, 1.165) is 25.7 Å². The molecule has 7 heteroatoms. The molecule has 0 aromatic heterocycles. The van der Waals surface area contributed by atoms with Crippen LogP contribution in [0.1, 0.15) is 141 Å². The van der Waals surface area contributed by atoms with Gasteiger partial charge < -0.3 is 33.7 Å². The molecule has 0 radical (unpaired) electrons. The van der Waals surface area contributed by atoms with Crippen molar-refractivity contribution in [3.8, 4) is 0 Å². The molecule has 0 aliphatic carbocycles. The lowest BCUT2D eigenvalue weighted by molar-refractivity contribution is -0.355. The first-order valence-electron chi connectivity index (χ1n) is 16.1. The zero-order chi connectivity index (χ0) is 28.9. The highest BCUT2D eigenvalue weighted by molar-refractivity contribution is 4.58. The zero-order valence-electron chi connectivity index (χ0n) is 26.9. The highest BCUT2D eigenvalue weighted by Crippen LogP contribution is 2.22. The van der Waals surface area contributed by atoms with E-state index in [2.05, 4.69) is 5.32 Å². The van der Waals surface area contributed by atoms with Crippen LogP contribution in [0.2, 0.25) is 0 Å². The number of nitrogens with one attached hydrogen (secondary N) is 1. The average molecular weight is 562 g/mol. The summed E-state index contributed by atoms with van der Waals surface area (Å²) in [7, 11) is 9.82. The van der Waals surface area contributed by atoms with E-state index in [9.17, 15) is 0 Å². The van der Waals surface area contributed by atoms with Gasteiger partial charge in [0.15, 0.2) is 0 Å². The van der Waals surface area contributed by atoms with E-state index >= 15 is 0 Å². The van der Waals surface area contributed by atoms with Gasteiger partial charge in [-0.15, -0.1) is 0 Å². The maximum absolute atomic E-state index is 5.35. The van der Waals surface area contributed by atoms with Crippen molar-refractivity contribution >= 4 is 0 Å². The van der Waals surface area contributed by atoms with E-state index < -0.39 is 11.9 Å². The van der Waals surface area contributed by atoms with Crippen molar-refractivity contribution in [2.24, 2.45) is 0 Å². The van der Waals surface area contributed by atoms with Crippen molar-refractivity contribution in [3.63, 3.8) is 0 Å². The van der Waals surface area contributed by atoms with E-state index in [0.29, 0.717) is 0 Å². The largest absolute Gasteiger partial charge is 0.331 e. The maximum Gasteiger partial charge on any atom is 0.282 e. The minimum atomic E-state index is -0.856. The first-order valence-corrected chi connectivity index (χ1v) is 16.1. The Labute approximate surface area is 242 Å². The summed E-state index contributed by atoms with van der Waals surface area (Å²) in [4.78, 5) is 0. The maximum atomic E-state index is 5.35. The Morgan fingerprint density at radius 1 is 0.308 bits per heavy atom. The summed E-state index contributed by atoms with van der Waals surface area (Å²) in [5, 5.41) is 3.64. The number of methoxy groups -OCH3 is 6. The Hall–Kier alpha value is -0.280. The van der Waals surface area contributed by atoms with Crippen LogP contribution in [0, 0.1) is 0 Å². The van der Waals surface area contributed by atoms with E-state index in [-0.39, 0.29) is 0 Å². The SMILES string of the molecule is COC(CCCCCCCCCCCCNCCCCCCCCCCCCC(OC)(OC)OC)(OC)OC. The summed E-state index contributed by atoms with van der Waals surface area (Å²) in [5.74, 6) is -1.71. The van der Waals surface area contributed by atoms with E-state index in [1.165, 1.54) is 129 Å². The fourth-order valence-electron chi connectivity index (χ4n) is 5.25. The van der Waals surface area contributed by atoms with Crippen molar-refractivity contribution in [1.29, 1.82) is 0 Å². The molecule has 7 nitrogen and oxygen atoms in total. The molecule has 0 rings (SSSR count). The van der Waals surface area contributed by atoms with Gasteiger partial charge in [0.25, 0.3) is 11.9 Å². The van der Waals surface area contributed by atoms with Gasteiger partial charge in [-0.3, -0.25) is 0 Å². The lowest BCUT2D eigenvalue weighted by Gasteiger charge is -2.28. The minimum Gasteiger partial charge on any atom is -0.331 e. The molecular formula is C32H67NO6. The summed E-state index contributed by atoms with van der Waals surface area (Å²) in [5.41, 5.74) is 0. The van der Waals surface area contributed by atoms with Gasteiger partial charge in [0, 0.05) is 55.5 Å². The van der Waals surface area contributed by atoms with Crippen molar-refractivity contribution < 1.29 is 28.4 Å². The fourth-order valence-corrected chi connectivity index (χ4v) is 5.25. The summed E-state index contributed by atoms with van der Waals surface area (Å²) < 4.78 is 32.1. The molecule has 0 fully saturated rings. The Bertz CT molecular complexity index is 427. The molecule has 0 aliphatic heterocycles. The number of ether oxygens (including phenoxy) is 6. The standard InChI is InChI=1S/C32H67NO6/c1-34-31(35-2,36-3)27-23-19-15-11-7-9-13-17-21-25-29-33-30-26-22-18-14-10-8-12-16-20-24-28-32(37-4,38-5)39-6/h33H,7-30H2,1-6H3. The van der Waals surface area contributed by atoms with E-state index in [1.807, 2.05) is 0 Å². The molecule has 0 bridgehead atoms. The molecule has 0 heterocycles. The zero-order valence-corrected chi connectivity index (χ0v) is 26.9. The molecule has 39 heavy (non-hydrogen) atoms. The molecule has 0 atom stereocenters. The van der Waals surface area contributed by atoms with Crippen LogP contribution in [0.5, 0.6) is 0 Å². The lowest BCUT2D eigenvalue weighted by Crippen LogP contribution is -2.35. The molecule has 1 N–H and O–H groups in total. The molecule has 0 saturated heterocycles. The second kappa shape index (κ2) is 27.9. The Morgan fingerprint density at radius 2 is 0.513 bits per heavy atom. The van der Waals surface area contributed by atoms with E-state index in [1.54, 1.807) is 42.7 Å². The molecule has 0 amide bonds. The highest BCUT2D eigenvalue weighted by atomic mass is 16.9. The van der Waals surface area contributed by atoms with Gasteiger partial charge in [0.2, 0.25) is 0 Å². The third kappa shape index (κ3) is 21.1. The number of hydrogen-bond acceptors (Lipinski definition) is 7. The minimum absolute atomic E-state index is 0.786. The van der Waals surface area contributed by atoms with Gasteiger partial charge in [-0.1, -0.05) is 103 Å². The van der Waals surface area contributed by atoms with Crippen molar-refractivity contribution in [2.75, 3.05) is 55.7 Å². The topological polar surface area (TPSA) is 67.4 Å². The van der Waals surface area contributed by atoms with Crippen LogP contribution in [-0.2, 0) is 28.4 Å². The lowest BCUT2D eigenvalue weighted by atomic mass is 10.0. The normalized spacial score (nSPS) is 12.5. The molecular weight excluding hydrogens is 494 g/mol. The van der Waals surface area contributed by atoms with Gasteiger partial charge in [0.05, 0.1) is 0 Å². The predicted molar refractivity (Wildman–Crippen MR) is 162 cm³/mol. The van der Waals surface area contributed by atoms with Crippen LogP contribution in [0.4, 0.5) is 0 Å². The number of unbranched alkanes of at least 4 members (excludes halogenated alkanes) is 18. The van der Waals surface area contributed by atoms with Crippen LogP contribution in [0.15, 0.2) is 0 Å². The van der Waals surface area contributed by atoms with Gasteiger partial charge in [-0.05, 0) is 38.8 Å². The predicted octanol–water partition coefficient (Wildman–Crippen LogP) is 8.34. The van der Waals surface area contributed by atoms with Crippen LogP contribution >= 0.6 is 0 Å².